The Bertz CT molecular complexity index is 133. The van der Waals surface area contributed by atoms with Gasteiger partial charge in [-0.05, 0) is 25.3 Å². The Morgan fingerprint density at radius 1 is 1.50 bits per heavy atom. The molecule has 44 valence electrons. The van der Waals surface area contributed by atoms with Crippen LogP contribution in [0.5, 0.6) is 0 Å². The minimum absolute atomic E-state index is 0.987. The second kappa shape index (κ2) is 2.03. The third-order valence-electron chi connectivity index (χ3n) is 1.35. The zero-order valence-electron chi connectivity index (χ0n) is 4.98. The molecule has 1 aliphatic rings. The van der Waals surface area contributed by atoms with Crippen LogP contribution in [0.3, 0.4) is 0 Å². The van der Waals surface area contributed by atoms with Gasteiger partial charge in [0.2, 0.25) is 0 Å². The number of hydrogen-bond acceptors (Lipinski definition) is 1. The zero-order valence-corrected chi connectivity index (χ0v) is 4.98. The van der Waals surface area contributed by atoms with E-state index in [1.165, 1.54) is 12.0 Å². The Labute approximate surface area is 49.9 Å². The van der Waals surface area contributed by atoms with Crippen molar-refractivity contribution in [1.29, 1.82) is 0 Å². The summed E-state index contributed by atoms with van der Waals surface area (Å²) in [7, 11) is 0. The Kier molecular flexibility index (Phi) is 1.38. The number of rotatable bonds is 0. The molecular weight excluding hydrogens is 98.1 g/mol. The molecule has 0 amide bonds. The van der Waals surface area contributed by atoms with Gasteiger partial charge in [-0.25, -0.2) is 0 Å². The summed E-state index contributed by atoms with van der Waals surface area (Å²) in [6, 6.07) is 0. The third-order valence-corrected chi connectivity index (χ3v) is 1.35. The normalized spacial score (nSPS) is 20.5. The summed E-state index contributed by atoms with van der Waals surface area (Å²) in [6.07, 6.45) is 5.34. The molecule has 1 nitrogen and oxygen atoms in total. The van der Waals surface area contributed by atoms with Gasteiger partial charge in [0, 0.05) is 5.70 Å². The molecule has 0 saturated heterocycles. The molecular formula is C7H11N. The fraction of sp³-hybridized carbons (Fsp3) is 0.429. The predicted octanol–water partition coefficient (Wildman–Crippen LogP) is 1.57. The van der Waals surface area contributed by atoms with Gasteiger partial charge in [0.25, 0.3) is 0 Å². The smallest absolute Gasteiger partial charge is 0.00831 e. The van der Waals surface area contributed by atoms with Crippen LogP contribution < -0.4 is 5.73 Å². The maximum atomic E-state index is 5.53. The van der Waals surface area contributed by atoms with Crippen LogP contribution >= 0.6 is 0 Å². The summed E-state index contributed by atoms with van der Waals surface area (Å²) < 4.78 is 0. The first-order valence-electron chi connectivity index (χ1n) is 2.93. The van der Waals surface area contributed by atoms with Crippen molar-refractivity contribution in [3.63, 3.8) is 0 Å². The third kappa shape index (κ3) is 1.12. The molecule has 1 rings (SSSR count). The van der Waals surface area contributed by atoms with Gasteiger partial charge in [0.1, 0.15) is 0 Å². The highest BCUT2D eigenvalue weighted by molar-refractivity contribution is 5.21. The van der Waals surface area contributed by atoms with Crippen LogP contribution in [0.15, 0.2) is 23.9 Å². The van der Waals surface area contributed by atoms with Gasteiger partial charge in [0.15, 0.2) is 0 Å². The zero-order chi connectivity index (χ0) is 5.98. The van der Waals surface area contributed by atoms with Gasteiger partial charge in [-0.15, -0.1) is 0 Å². The molecule has 0 heterocycles. The molecule has 0 aromatic rings. The molecule has 0 radical (unpaired) electrons. The number of nitrogens with two attached hydrogens (primary N) is 1. The maximum Gasteiger partial charge on any atom is 0.00831 e. The standard InChI is InChI=1S/C7H11N/c1-6-3-2-4-7(8)5-6/h5H,1-4,8H2. The first kappa shape index (κ1) is 5.42. The van der Waals surface area contributed by atoms with E-state index in [1.807, 2.05) is 6.08 Å². The Balaban J connectivity index is 2.64. The van der Waals surface area contributed by atoms with Gasteiger partial charge in [-0.1, -0.05) is 12.2 Å². The van der Waals surface area contributed by atoms with E-state index >= 15 is 0 Å². The molecule has 0 aromatic carbocycles. The summed E-state index contributed by atoms with van der Waals surface area (Å²) in [5.41, 5.74) is 7.69. The van der Waals surface area contributed by atoms with Crippen molar-refractivity contribution >= 4 is 0 Å². The second-order valence-corrected chi connectivity index (χ2v) is 2.23. The van der Waals surface area contributed by atoms with Crippen LogP contribution in [0.25, 0.3) is 0 Å². The molecule has 0 aromatic heterocycles. The quantitative estimate of drug-likeness (QED) is 0.502. The molecule has 8 heavy (non-hydrogen) atoms. The van der Waals surface area contributed by atoms with Crippen molar-refractivity contribution in [1.82, 2.24) is 0 Å². The van der Waals surface area contributed by atoms with Crippen LogP contribution in [0.4, 0.5) is 0 Å². The highest BCUT2D eigenvalue weighted by Crippen LogP contribution is 2.16. The molecule has 2 N–H and O–H groups in total. The topological polar surface area (TPSA) is 26.0 Å². The lowest BCUT2D eigenvalue weighted by atomic mass is 10.0. The molecule has 1 heteroatoms. The second-order valence-electron chi connectivity index (χ2n) is 2.23. The van der Waals surface area contributed by atoms with E-state index in [0.717, 1.165) is 18.5 Å². The van der Waals surface area contributed by atoms with Crippen molar-refractivity contribution in [3.05, 3.63) is 23.9 Å². The van der Waals surface area contributed by atoms with Gasteiger partial charge in [-0.2, -0.15) is 0 Å². The Morgan fingerprint density at radius 2 is 2.25 bits per heavy atom. The van der Waals surface area contributed by atoms with Crippen molar-refractivity contribution in [2.24, 2.45) is 5.73 Å². The minimum Gasteiger partial charge on any atom is -0.402 e. The first-order chi connectivity index (χ1) is 3.79. The lowest BCUT2D eigenvalue weighted by Gasteiger charge is -2.08. The molecule has 0 saturated carbocycles. The van der Waals surface area contributed by atoms with Gasteiger partial charge in [0.05, 0.1) is 0 Å². The van der Waals surface area contributed by atoms with Crippen LogP contribution in [-0.2, 0) is 0 Å². The number of hydrogen-bond donors (Lipinski definition) is 1. The van der Waals surface area contributed by atoms with Crippen molar-refractivity contribution in [3.8, 4) is 0 Å². The van der Waals surface area contributed by atoms with E-state index in [9.17, 15) is 0 Å². The fourth-order valence-electron chi connectivity index (χ4n) is 0.926. The van der Waals surface area contributed by atoms with Crippen LogP contribution in [0.2, 0.25) is 0 Å². The van der Waals surface area contributed by atoms with Crippen LogP contribution in [0, 0.1) is 0 Å². The van der Waals surface area contributed by atoms with E-state index in [2.05, 4.69) is 6.58 Å². The van der Waals surface area contributed by atoms with E-state index in [0.29, 0.717) is 0 Å². The Hall–Kier alpha value is -0.720. The van der Waals surface area contributed by atoms with Gasteiger partial charge in [-0.3, -0.25) is 0 Å². The molecule has 0 aliphatic heterocycles. The average Bonchev–Trinajstić information content (AvgIpc) is 1.64. The Morgan fingerprint density at radius 3 is 2.62 bits per heavy atom. The summed E-state index contributed by atoms with van der Waals surface area (Å²) in [5, 5.41) is 0. The van der Waals surface area contributed by atoms with E-state index in [-0.39, 0.29) is 0 Å². The summed E-state index contributed by atoms with van der Waals surface area (Å²) in [6.45, 7) is 3.81. The molecule has 0 atom stereocenters. The van der Waals surface area contributed by atoms with E-state index < -0.39 is 0 Å². The van der Waals surface area contributed by atoms with E-state index in [1.54, 1.807) is 0 Å². The highest BCUT2D eigenvalue weighted by atomic mass is 14.6. The molecule has 1 aliphatic carbocycles. The summed E-state index contributed by atoms with van der Waals surface area (Å²) >= 11 is 0. The van der Waals surface area contributed by atoms with Crippen LogP contribution in [0.1, 0.15) is 19.3 Å². The van der Waals surface area contributed by atoms with Gasteiger partial charge >= 0.3 is 0 Å². The maximum absolute atomic E-state index is 5.53. The monoisotopic (exact) mass is 109 g/mol. The minimum atomic E-state index is 0.987. The number of allylic oxidation sites excluding steroid dienone is 3. The summed E-state index contributed by atoms with van der Waals surface area (Å²) in [5.74, 6) is 0. The van der Waals surface area contributed by atoms with Crippen molar-refractivity contribution in [2.45, 2.75) is 19.3 Å². The SMILES string of the molecule is C=C1C=C(N)CCC1. The lowest BCUT2D eigenvalue weighted by molar-refractivity contribution is 0.778. The molecule has 0 fully saturated rings. The predicted molar refractivity (Wildman–Crippen MR) is 35.3 cm³/mol. The highest BCUT2D eigenvalue weighted by Gasteiger charge is 2.00. The lowest BCUT2D eigenvalue weighted by Crippen LogP contribution is -2.01. The van der Waals surface area contributed by atoms with Gasteiger partial charge < -0.3 is 5.73 Å². The van der Waals surface area contributed by atoms with Crippen molar-refractivity contribution < 1.29 is 0 Å². The van der Waals surface area contributed by atoms with Crippen molar-refractivity contribution in [2.75, 3.05) is 0 Å². The molecule has 0 spiro atoms. The molecule has 0 unspecified atom stereocenters. The molecule has 0 bridgehead atoms. The summed E-state index contributed by atoms with van der Waals surface area (Å²) in [4.78, 5) is 0. The van der Waals surface area contributed by atoms with Crippen LogP contribution in [-0.4, -0.2) is 0 Å². The van der Waals surface area contributed by atoms with E-state index in [4.69, 9.17) is 5.73 Å². The largest absolute Gasteiger partial charge is 0.402 e. The first-order valence-corrected chi connectivity index (χ1v) is 2.93. The average molecular weight is 109 g/mol. The fourth-order valence-corrected chi connectivity index (χ4v) is 0.926.